The van der Waals surface area contributed by atoms with Gasteiger partial charge in [-0.15, -0.1) is 0 Å². The van der Waals surface area contributed by atoms with Gasteiger partial charge >= 0.3 is 0 Å². The monoisotopic (exact) mass is 350 g/mol. The van der Waals surface area contributed by atoms with Gasteiger partial charge in [-0.2, -0.15) is 0 Å². The van der Waals surface area contributed by atoms with Gasteiger partial charge in [0, 0.05) is 18.9 Å². The normalized spacial score (nSPS) is 17.2. The summed E-state index contributed by atoms with van der Waals surface area (Å²) in [7, 11) is 0. The van der Waals surface area contributed by atoms with Crippen molar-refractivity contribution in [2.75, 3.05) is 0 Å². The van der Waals surface area contributed by atoms with Crippen LogP contribution in [0.15, 0.2) is 81.5 Å². The smallest absolute Gasteiger partial charge is 0.290 e. The number of aromatic nitrogens is 1. The van der Waals surface area contributed by atoms with Crippen molar-refractivity contribution in [2.24, 2.45) is 0 Å². The minimum Gasteiger partial charge on any atom is -0.503 e. The number of hydrogen-bond acceptors (Lipinski definition) is 6. The molecular formula is C19H14N2O5. The molecule has 7 nitrogen and oxygen atoms in total. The Kier molecular flexibility index (Phi) is 3.89. The maximum Gasteiger partial charge on any atom is 0.290 e. The number of carbonyl (C=O) groups is 2. The maximum atomic E-state index is 12.8. The van der Waals surface area contributed by atoms with Crippen LogP contribution in [0.1, 0.15) is 27.9 Å². The molecule has 0 radical (unpaired) electrons. The van der Waals surface area contributed by atoms with Gasteiger partial charge in [-0.05, 0) is 35.9 Å². The van der Waals surface area contributed by atoms with E-state index in [2.05, 4.69) is 4.98 Å². The second-order valence-electron chi connectivity index (χ2n) is 5.78. The van der Waals surface area contributed by atoms with Gasteiger partial charge in [0.15, 0.2) is 11.5 Å². The molecule has 1 amide bonds. The Morgan fingerprint density at radius 1 is 1.15 bits per heavy atom. The summed E-state index contributed by atoms with van der Waals surface area (Å²) in [5.41, 5.74) is 0.695. The van der Waals surface area contributed by atoms with Crippen LogP contribution in [-0.2, 0) is 11.3 Å². The summed E-state index contributed by atoms with van der Waals surface area (Å²) in [5, 5.41) is 10.4. The molecule has 0 fully saturated rings. The fourth-order valence-electron chi connectivity index (χ4n) is 3.02. The van der Waals surface area contributed by atoms with E-state index in [1.165, 1.54) is 23.5 Å². The SMILES string of the molecule is O=C(C1=C(O)C(=O)N(Cc2cccnc2)C1c1ccco1)c1ccco1. The molecule has 26 heavy (non-hydrogen) atoms. The molecule has 3 aromatic rings. The van der Waals surface area contributed by atoms with Crippen molar-refractivity contribution < 1.29 is 23.5 Å². The molecule has 0 aliphatic carbocycles. The van der Waals surface area contributed by atoms with Crippen molar-refractivity contribution in [1.82, 2.24) is 9.88 Å². The topological polar surface area (TPSA) is 96.8 Å². The van der Waals surface area contributed by atoms with Gasteiger partial charge in [-0.3, -0.25) is 14.6 Å². The van der Waals surface area contributed by atoms with Crippen molar-refractivity contribution in [3.63, 3.8) is 0 Å². The maximum absolute atomic E-state index is 12.8. The van der Waals surface area contributed by atoms with E-state index >= 15 is 0 Å². The third-order valence-corrected chi connectivity index (χ3v) is 4.18. The van der Waals surface area contributed by atoms with Crippen LogP contribution in [0.3, 0.4) is 0 Å². The fourth-order valence-corrected chi connectivity index (χ4v) is 3.02. The summed E-state index contributed by atoms with van der Waals surface area (Å²) in [6, 6.07) is 9.07. The van der Waals surface area contributed by atoms with E-state index in [4.69, 9.17) is 8.83 Å². The average Bonchev–Trinajstić information content (AvgIpc) is 3.40. The van der Waals surface area contributed by atoms with Gasteiger partial charge in [0.05, 0.1) is 18.1 Å². The van der Waals surface area contributed by atoms with Crippen molar-refractivity contribution in [2.45, 2.75) is 12.6 Å². The van der Waals surface area contributed by atoms with Gasteiger partial charge in [0.25, 0.3) is 5.91 Å². The van der Waals surface area contributed by atoms with E-state index in [9.17, 15) is 14.7 Å². The molecule has 3 aromatic heterocycles. The summed E-state index contributed by atoms with van der Waals surface area (Å²) in [6.07, 6.45) is 6.06. The Labute approximate surface area is 148 Å². The van der Waals surface area contributed by atoms with E-state index in [0.29, 0.717) is 5.76 Å². The Balaban J connectivity index is 1.77. The number of Topliss-reactive ketones (excluding diaryl/α,β-unsaturated/α-hetero) is 1. The molecule has 0 saturated heterocycles. The standard InChI is InChI=1S/C19H14N2O5/c22-17(14-6-3-9-26-14)15-16(13-5-2-8-25-13)21(19(24)18(15)23)11-12-4-1-7-20-10-12/h1-10,16,23H,11H2. The summed E-state index contributed by atoms with van der Waals surface area (Å²) < 4.78 is 10.6. The number of ketones is 1. The van der Waals surface area contributed by atoms with Crippen LogP contribution in [0, 0.1) is 0 Å². The first-order chi connectivity index (χ1) is 12.7. The van der Waals surface area contributed by atoms with Crippen molar-refractivity contribution >= 4 is 11.7 Å². The van der Waals surface area contributed by atoms with Crippen LogP contribution < -0.4 is 0 Å². The Morgan fingerprint density at radius 2 is 1.96 bits per heavy atom. The van der Waals surface area contributed by atoms with Crippen LogP contribution in [0.25, 0.3) is 0 Å². The summed E-state index contributed by atoms with van der Waals surface area (Å²) >= 11 is 0. The molecule has 0 saturated carbocycles. The van der Waals surface area contributed by atoms with E-state index in [1.54, 1.807) is 36.7 Å². The number of aliphatic hydroxyl groups excluding tert-OH is 1. The van der Waals surface area contributed by atoms with Crippen LogP contribution in [0.4, 0.5) is 0 Å². The Hall–Kier alpha value is -3.61. The average molecular weight is 350 g/mol. The molecule has 0 spiro atoms. The minimum absolute atomic E-state index is 0.0409. The summed E-state index contributed by atoms with van der Waals surface area (Å²) in [5.74, 6) is -1.39. The quantitative estimate of drug-likeness (QED) is 0.711. The first-order valence-electron chi connectivity index (χ1n) is 7.91. The van der Waals surface area contributed by atoms with Crippen LogP contribution >= 0.6 is 0 Å². The van der Waals surface area contributed by atoms with E-state index < -0.39 is 23.5 Å². The molecule has 4 rings (SSSR count). The van der Waals surface area contributed by atoms with Gasteiger partial charge in [0.2, 0.25) is 5.78 Å². The Morgan fingerprint density at radius 3 is 2.62 bits per heavy atom. The molecule has 0 bridgehead atoms. The molecule has 1 aliphatic rings. The first-order valence-corrected chi connectivity index (χ1v) is 7.91. The lowest BCUT2D eigenvalue weighted by Crippen LogP contribution is -2.30. The minimum atomic E-state index is -0.852. The third kappa shape index (κ3) is 2.59. The zero-order chi connectivity index (χ0) is 18.1. The molecule has 1 aliphatic heterocycles. The lowest BCUT2D eigenvalue weighted by atomic mass is 9.99. The van der Waals surface area contributed by atoms with E-state index in [1.807, 2.05) is 6.07 Å². The second kappa shape index (κ2) is 6.36. The molecule has 130 valence electrons. The van der Waals surface area contributed by atoms with Crippen LogP contribution in [0.5, 0.6) is 0 Å². The van der Waals surface area contributed by atoms with E-state index in [-0.39, 0.29) is 17.9 Å². The summed E-state index contributed by atoms with van der Waals surface area (Å²) in [4.78, 5) is 30.9. The van der Waals surface area contributed by atoms with Gasteiger partial charge in [-0.25, -0.2) is 0 Å². The number of aliphatic hydroxyl groups is 1. The third-order valence-electron chi connectivity index (χ3n) is 4.18. The van der Waals surface area contributed by atoms with Crippen LogP contribution in [-0.4, -0.2) is 26.7 Å². The molecular weight excluding hydrogens is 336 g/mol. The van der Waals surface area contributed by atoms with Crippen molar-refractivity contribution in [3.05, 3.63) is 89.7 Å². The highest BCUT2D eigenvalue weighted by molar-refractivity contribution is 6.14. The van der Waals surface area contributed by atoms with Crippen molar-refractivity contribution in [1.29, 1.82) is 0 Å². The van der Waals surface area contributed by atoms with Gasteiger partial charge < -0.3 is 18.8 Å². The predicted molar refractivity (Wildman–Crippen MR) is 88.9 cm³/mol. The number of hydrogen-bond donors (Lipinski definition) is 1. The molecule has 1 atom stereocenters. The highest BCUT2D eigenvalue weighted by atomic mass is 16.3. The largest absolute Gasteiger partial charge is 0.503 e. The molecule has 4 heterocycles. The molecule has 7 heteroatoms. The zero-order valence-electron chi connectivity index (χ0n) is 13.5. The lowest BCUT2D eigenvalue weighted by Gasteiger charge is -2.24. The lowest BCUT2D eigenvalue weighted by molar-refractivity contribution is -0.130. The number of rotatable bonds is 5. The highest BCUT2D eigenvalue weighted by Gasteiger charge is 2.45. The van der Waals surface area contributed by atoms with E-state index in [0.717, 1.165) is 5.56 Å². The molecule has 1 unspecified atom stereocenters. The van der Waals surface area contributed by atoms with Crippen molar-refractivity contribution in [3.8, 4) is 0 Å². The second-order valence-corrected chi connectivity index (χ2v) is 5.78. The summed E-state index contributed by atoms with van der Waals surface area (Å²) in [6.45, 7) is 0.164. The fraction of sp³-hybridized carbons (Fsp3) is 0.105. The predicted octanol–water partition coefficient (Wildman–Crippen LogP) is 3.05. The number of carbonyl (C=O) groups excluding carboxylic acids is 2. The van der Waals surface area contributed by atoms with Gasteiger partial charge in [-0.1, -0.05) is 6.07 Å². The first kappa shape index (κ1) is 15.9. The number of pyridine rings is 1. The highest BCUT2D eigenvalue weighted by Crippen LogP contribution is 2.40. The van der Waals surface area contributed by atoms with Crippen LogP contribution in [0.2, 0.25) is 0 Å². The zero-order valence-corrected chi connectivity index (χ0v) is 13.5. The molecule has 1 N–H and O–H groups in total. The number of nitrogens with zero attached hydrogens (tertiary/aromatic N) is 2. The van der Waals surface area contributed by atoms with Gasteiger partial charge in [0.1, 0.15) is 11.8 Å². The Bertz CT molecular complexity index is 959. The number of amides is 1. The number of furan rings is 2. The molecule has 0 aromatic carbocycles.